The van der Waals surface area contributed by atoms with Gasteiger partial charge in [0.1, 0.15) is 0 Å². The lowest BCUT2D eigenvalue weighted by molar-refractivity contribution is -0.151. The maximum atomic E-state index is 12.8. The number of piperazine rings is 1. The molecule has 2 amide bonds. The van der Waals surface area contributed by atoms with Gasteiger partial charge in [0.05, 0.1) is 17.2 Å². The van der Waals surface area contributed by atoms with Crippen LogP contribution in [0, 0.1) is 0 Å². The van der Waals surface area contributed by atoms with Crippen LogP contribution >= 0.6 is 0 Å². The predicted octanol–water partition coefficient (Wildman–Crippen LogP) is 1.06. The first-order chi connectivity index (χ1) is 15.1. The van der Waals surface area contributed by atoms with Gasteiger partial charge in [0, 0.05) is 65.2 Å². The van der Waals surface area contributed by atoms with Gasteiger partial charge in [-0.2, -0.15) is 13.2 Å². The Hall–Kier alpha value is -2.17. The van der Waals surface area contributed by atoms with Crippen molar-refractivity contribution in [2.45, 2.75) is 50.2 Å². The minimum atomic E-state index is -4.34. The van der Waals surface area contributed by atoms with Gasteiger partial charge in [-0.1, -0.05) is 12.1 Å². The van der Waals surface area contributed by atoms with Gasteiger partial charge in [0.25, 0.3) is 0 Å². The fraction of sp³-hybridized carbons (Fsp3) is 0.636. The van der Waals surface area contributed by atoms with Crippen molar-refractivity contribution >= 4 is 11.8 Å². The summed E-state index contributed by atoms with van der Waals surface area (Å²) >= 11 is 0. The average Bonchev–Trinajstić information content (AvgIpc) is 3.06. The van der Waals surface area contributed by atoms with Crippen molar-refractivity contribution in [1.29, 1.82) is 0 Å². The van der Waals surface area contributed by atoms with Crippen LogP contribution in [0.15, 0.2) is 24.3 Å². The first kappa shape index (κ1) is 23.0. The van der Waals surface area contributed by atoms with Gasteiger partial charge in [-0.15, -0.1) is 0 Å². The first-order valence-corrected chi connectivity index (χ1v) is 10.9. The number of halogens is 3. The molecule has 3 fully saturated rings. The number of nitrogens with one attached hydrogen (secondary N) is 1. The van der Waals surface area contributed by atoms with Gasteiger partial charge in [0.15, 0.2) is 0 Å². The van der Waals surface area contributed by atoms with Crippen LogP contribution in [0.2, 0.25) is 0 Å². The van der Waals surface area contributed by atoms with E-state index in [4.69, 9.17) is 0 Å². The second kappa shape index (κ2) is 8.64. The lowest BCUT2D eigenvalue weighted by Crippen LogP contribution is -2.78. The molecule has 3 aliphatic heterocycles. The van der Waals surface area contributed by atoms with E-state index in [0.717, 1.165) is 17.7 Å². The topological polar surface area (TPSA) is 76.1 Å². The number of nitrogens with zero attached hydrogens (tertiary/aromatic N) is 3. The van der Waals surface area contributed by atoms with E-state index in [2.05, 4.69) is 15.1 Å². The highest BCUT2D eigenvalue weighted by Gasteiger charge is 2.56. The highest BCUT2D eigenvalue weighted by molar-refractivity contribution is 5.78. The molecule has 2 atom stereocenters. The van der Waals surface area contributed by atoms with Crippen molar-refractivity contribution in [3.63, 3.8) is 0 Å². The molecule has 7 nitrogen and oxygen atoms in total. The van der Waals surface area contributed by atoms with E-state index in [1.54, 1.807) is 0 Å². The van der Waals surface area contributed by atoms with E-state index >= 15 is 0 Å². The molecular weight excluding hydrogens is 425 g/mol. The molecule has 1 aromatic rings. The summed E-state index contributed by atoms with van der Waals surface area (Å²) in [5, 5.41) is 12.9. The van der Waals surface area contributed by atoms with E-state index in [0.29, 0.717) is 52.2 Å². The summed E-state index contributed by atoms with van der Waals surface area (Å²) in [7, 11) is 0. The summed E-state index contributed by atoms with van der Waals surface area (Å²) in [4.78, 5) is 30.1. The van der Waals surface area contributed by atoms with Crippen molar-refractivity contribution in [3.05, 3.63) is 35.4 Å². The molecule has 0 aromatic heterocycles. The number of carbonyl (C=O) groups is 2. The van der Waals surface area contributed by atoms with Crippen molar-refractivity contribution in [2.24, 2.45) is 0 Å². The van der Waals surface area contributed by atoms with Crippen molar-refractivity contribution in [3.8, 4) is 0 Å². The van der Waals surface area contributed by atoms with Crippen LogP contribution in [0.25, 0.3) is 0 Å². The number of alkyl halides is 3. The smallest absolute Gasteiger partial charge is 0.392 e. The van der Waals surface area contributed by atoms with Crippen molar-refractivity contribution < 1.29 is 27.9 Å². The van der Waals surface area contributed by atoms with Crippen LogP contribution in [0.4, 0.5) is 13.2 Å². The predicted molar refractivity (Wildman–Crippen MR) is 110 cm³/mol. The van der Waals surface area contributed by atoms with Gasteiger partial charge >= 0.3 is 6.18 Å². The Kier molecular flexibility index (Phi) is 6.21. The maximum absolute atomic E-state index is 12.8. The summed E-state index contributed by atoms with van der Waals surface area (Å²) in [6.07, 6.45) is -3.91. The number of hydrogen-bond acceptors (Lipinski definition) is 5. The Morgan fingerprint density at radius 3 is 2.47 bits per heavy atom. The standard InChI is InChI=1S/C22H29F3N4O3/c1-15(30)26-7-6-20(32)28-10-18-8-19(31)11-29(18)21(14-28)12-27(13-21)9-16-2-4-17(5-3-16)22(23,24)25/h2-5,18-19,31H,6-14H2,1H3,(H,26,30)/t18-,19-/m1/s1. The number of aliphatic hydroxyl groups is 1. The highest BCUT2D eigenvalue weighted by Crippen LogP contribution is 2.39. The van der Waals surface area contributed by atoms with Gasteiger partial charge in [-0.05, 0) is 24.1 Å². The fourth-order valence-corrected chi connectivity index (χ4v) is 5.34. The number of aliphatic hydroxyl groups excluding tert-OH is 1. The molecule has 0 bridgehead atoms. The van der Waals surface area contributed by atoms with Gasteiger partial charge in [-0.3, -0.25) is 19.4 Å². The minimum absolute atomic E-state index is 0.0136. The van der Waals surface area contributed by atoms with E-state index in [1.807, 2.05) is 4.90 Å². The summed E-state index contributed by atoms with van der Waals surface area (Å²) < 4.78 is 38.4. The van der Waals surface area contributed by atoms with Gasteiger partial charge < -0.3 is 15.3 Å². The number of β-amino-alcohol motifs (C(OH)–C–C–N with tert-alkyl or cyclic N) is 1. The van der Waals surface area contributed by atoms with Crippen molar-refractivity contribution in [1.82, 2.24) is 20.0 Å². The van der Waals surface area contributed by atoms with E-state index in [-0.39, 0.29) is 29.8 Å². The Morgan fingerprint density at radius 2 is 1.84 bits per heavy atom. The van der Waals surface area contributed by atoms with E-state index in [1.165, 1.54) is 19.1 Å². The number of fused-ring (bicyclic) bond motifs is 2. The maximum Gasteiger partial charge on any atom is 0.416 e. The van der Waals surface area contributed by atoms with Crippen LogP contribution < -0.4 is 5.32 Å². The number of likely N-dealkylation sites (tertiary alicyclic amines) is 1. The fourth-order valence-electron chi connectivity index (χ4n) is 5.34. The Bertz CT molecular complexity index is 855. The number of carbonyl (C=O) groups excluding carboxylic acids is 2. The molecule has 3 saturated heterocycles. The zero-order valence-corrected chi connectivity index (χ0v) is 18.1. The summed E-state index contributed by atoms with van der Waals surface area (Å²) in [6.45, 7) is 5.32. The second-order valence-electron chi connectivity index (χ2n) is 9.27. The molecule has 0 saturated carbocycles. The molecule has 4 rings (SSSR count). The molecule has 2 N–H and O–H groups in total. The normalized spacial score (nSPS) is 25.5. The Morgan fingerprint density at radius 1 is 1.16 bits per heavy atom. The molecule has 0 radical (unpaired) electrons. The first-order valence-electron chi connectivity index (χ1n) is 10.9. The summed E-state index contributed by atoms with van der Waals surface area (Å²) in [5.41, 5.74) is -0.100. The number of amides is 2. The molecule has 32 heavy (non-hydrogen) atoms. The molecule has 10 heteroatoms. The Labute approximate surface area is 185 Å². The van der Waals surface area contributed by atoms with Gasteiger partial charge in [0.2, 0.25) is 11.8 Å². The zero-order valence-electron chi connectivity index (χ0n) is 18.1. The molecule has 3 heterocycles. The third-order valence-corrected chi connectivity index (χ3v) is 6.71. The molecular formula is C22H29F3N4O3. The number of rotatable bonds is 5. The molecule has 176 valence electrons. The van der Waals surface area contributed by atoms with Crippen LogP contribution in [0.5, 0.6) is 0 Å². The zero-order chi connectivity index (χ0) is 23.1. The molecule has 1 aromatic carbocycles. The molecule has 3 aliphatic rings. The summed E-state index contributed by atoms with van der Waals surface area (Å²) in [5.74, 6) is -0.184. The molecule has 0 unspecified atom stereocenters. The lowest BCUT2D eigenvalue weighted by Gasteiger charge is -2.61. The average molecular weight is 454 g/mol. The molecule has 0 aliphatic carbocycles. The third-order valence-electron chi connectivity index (χ3n) is 6.71. The van der Waals surface area contributed by atoms with Crippen LogP contribution in [-0.4, -0.2) is 88.6 Å². The van der Waals surface area contributed by atoms with Crippen molar-refractivity contribution in [2.75, 3.05) is 39.3 Å². The monoisotopic (exact) mass is 454 g/mol. The second-order valence-corrected chi connectivity index (χ2v) is 9.27. The highest BCUT2D eigenvalue weighted by atomic mass is 19.4. The van der Waals surface area contributed by atoms with Gasteiger partial charge in [-0.25, -0.2) is 0 Å². The Balaban J connectivity index is 1.39. The largest absolute Gasteiger partial charge is 0.416 e. The van der Waals surface area contributed by atoms with Crippen LogP contribution in [-0.2, 0) is 22.3 Å². The van der Waals surface area contributed by atoms with E-state index < -0.39 is 17.8 Å². The summed E-state index contributed by atoms with van der Waals surface area (Å²) in [6, 6.07) is 5.32. The van der Waals surface area contributed by atoms with Crippen LogP contribution in [0.3, 0.4) is 0 Å². The quantitative estimate of drug-likeness (QED) is 0.696. The van der Waals surface area contributed by atoms with E-state index in [9.17, 15) is 27.9 Å². The van der Waals surface area contributed by atoms with Crippen LogP contribution in [0.1, 0.15) is 30.9 Å². The third kappa shape index (κ3) is 4.77. The number of benzene rings is 1. The SMILES string of the molecule is CC(=O)NCCC(=O)N1C[C@H]2C[C@@H](O)CN2C2(CN(Cc3ccc(C(F)(F)F)cc3)C2)C1. The number of hydrogen-bond donors (Lipinski definition) is 2. The minimum Gasteiger partial charge on any atom is -0.392 e. The molecule has 1 spiro atoms. The lowest BCUT2D eigenvalue weighted by atomic mass is 9.83.